The molecule has 0 radical (unpaired) electrons. The second-order valence-electron chi connectivity index (χ2n) is 4.29. The highest BCUT2D eigenvalue weighted by molar-refractivity contribution is 4.66. The lowest BCUT2D eigenvalue weighted by Crippen LogP contribution is -2.36. The van der Waals surface area contributed by atoms with Crippen molar-refractivity contribution < 1.29 is 18.3 Å². The van der Waals surface area contributed by atoms with E-state index in [9.17, 15) is 8.78 Å². The van der Waals surface area contributed by atoms with Gasteiger partial charge in [0.1, 0.15) is 6.61 Å². The number of ether oxygens (including phenoxy) is 2. The molecule has 0 aromatic carbocycles. The molecule has 1 unspecified atom stereocenters. The maximum atomic E-state index is 11.9. The highest BCUT2D eigenvalue weighted by Crippen LogP contribution is 2.00. The first-order valence-corrected chi connectivity index (χ1v) is 6.27. The van der Waals surface area contributed by atoms with Crippen LogP contribution in [0.4, 0.5) is 8.78 Å². The summed E-state index contributed by atoms with van der Waals surface area (Å²) in [5.41, 5.74) is 0. The fourth-order valence-corrected chi connectivity index (χ4v) is 1.30. The van der Waals surface area contributed by atoms with E-state index in [-0.39, 0.29) is 12.1 Å². The van der Waals surface area contributed by atoms with Crippen molar-refractivity contribution in [2.24, 2.45) is 0 Å². The second kappa shape index (κ2) is 10.9. The van der Waals surface area contributed by atoms with E-state index in [1.165, 1.54) is 0 Å². The normalized spacial score (nSPS) is 13.6. The number of nitrogens with one attached hydrogen (secondary N) is 1. The molecule has 0 aliphatic carbocycles. The molecule has 0 heterocycles. The Labute approximate surface area is 103 Å². The second-order valence-corrected chi connectivity index (χ2v) is 4.29. The molecule has 0 aromatic rings. The van der Waals surface area contributed by atoms with E-state index in [0.717, 1.165) is 13.0 Å². The predicted octanol–water partition coefficient (Wildman–Crippen LogP) is 2.45. The monoisotopic (exact) mass is 253 g/mol. The molecule has 0 amide bonds. The van der Waals surface area contributed by atoms with Crippen LogP contribution in [0.5, 0.6) is 0 Å². The van der Waals surface area contributed by atoms with Crippen LogP contribution in [0.25, 0.3) is 0 Å². The van der Waals surface area contributed by atoms with E-state index in [0.29, 0.717) is 19.6 Å². The lowest BCUT2D eigenvalue weighted by molar-refractivity contribution is 0.00694. The average Bonchev–Trinajstić information content (AvgIpc) is 2.26. The van der Waals surface area contributed by atoms with Crippen molar-refractivity contribution in [3.63, 3.8) is 0 Å². The molecule has 0 spiro atoms. The van der Waals surface area contributed by atoms with Crippen LogP contribution in [0.1, 0.15) is 33.6 Å². The molecule has 0 aliphatic heterocycles. The molecule has 0 saturated heterocycles. The molecule has 1 atom stereocenters. The fourth-order valence-electron chi connectivity index (χ4n) is 1.30. The smallest absolute Gasteiger partial charge is 0.261 e. The van der Waals surface area contributed by atoms with Crippen LogP contribution in [-0.4, -0.2) is 44.9 Å². The number of rotatable bonds is 11. The van der Waals surface area contributed by atoms with Gasteiger partial charge >= 0.3 is 0 Å². The molecule has 0 aliphatic rings. The maximum Gasteiger partial charge on any atom is 0.261 e. The van der Waals surface area contributed by atoms with E-state index in [2.05, 4.69) is 12.2 Å². The lowest BCUT2D eigenvalue weighted by atomic mass is 10.2. The van der Waals surface area contributed by atoms with Crippen molar-refractivity contribution in [3.8, 4) is 0 Å². The van der Waals surface area contributed by atoms with Gasteiger partial charge in [-0.3, -0.25) is 0 Å². The minimum absolute atomic E-state index is 0.176. The molecule has 3 nitrogen and oxygen atoms in total. The Balaban J connectivity index is 3.68. The van der Waals surface area contributed by atoms with Crippen molar-refractivity contribution in [2.75, 3.05) is 26.4 Å². The molecular weight excluding hydrogens is 228 g/mol. The summed E-state index contributed by atoms with van der Waals surface area (Å²) in [6.45, 7) is 7.39. The zero-order valence-corrected chi connectivity index (χ0v) is 11.0. The molecule has 17 heavy (non-hydrogen) atoms. The summed E-state index contributed by atoms with van der Waals surface area (Å²) in [5, 5.41) is 3.32. The van der Waals surface area contributed by atoms with Crippen molar-refractivity contribution in [2.45, 2.75) is 52.2 Å². The number of alkyl halides is 2. The van der Waals surface area contributed by atoms with Gasteiger partial charge in [-0.05, 0) is 33.2 Å². The van der Waals surface area contributed by atoms with Gasteiger partial charge in [-0.1, -0.05) is 6.92 Å². The third-order valence-electron chi connectivity index (χ3n) is 2.17. The molecule has 0 saturated carbocycles. The van der Waals surface area contributed by atoms with Crippen LogP contribution in [0.3, 0.4) is 0 Å². The zero-order chi connectivity index (χ0) is 13.1. The summed E-state index contributed by atoms with van der Waals surface area (Å²) in [7, 11) is 0. The lowest BCUT2D eigenvalue weighted by Gasteiger charge is -2.20. The molecule has 0 fully saturated rings. The summed E-state index contributed by atoms with van der Waals surface area (Å²) in [6, 6.07) is 0.176. The highest BCUT2D eigenvalue weighted by Gasteiger charge is 2.10. The maximum absolute atomic E-state index is 11.9. The van der Waals surface area contributed by atoms with Gasteiger partial charge in [-0.25, -0.2) is 8.78 Å². The first kappa shape index (κ1) is 16.7. The Hall–Kier alpha value is -0.260. The Kier molecular flexibility index (Phi) is 10.7. The molecular formula is C12H25F2NO2. The van der Waals surface area contributed by atoms with E-state index < -0.39 is 13.0 Å². The molecule has 0 aromatic heterocycles. The SMILES string of the molecule is CCCNC(CCOCC(F)F)COC(C)C. The first-order valence-electron chi connectivity index (χ1n) is 6.27. The number of hydrogen-bond acceptors (Lipinski definition) is 3. The summed E-state index contributed by atoms with van der Waals surface area (Å²) in [5.74, 6) is 0. The summed E-state index contributed by atoms with van der Waals surface area (Å²) >= 11 is 0. The summed E-state index contributed by atoms with van der Waals surface area (Å²) in [6.07, 6.45) is -0.470. The first-order chi connectivity index (χ1) is 8.06. The van der Waals surface area contributed by atoms with Crippen LogP contribution >= 0.6 is 0 Å². The van der Waals surface area contributed by atoms with Crippen LogP contribution in [-0.2, 0) is 9.47 Å². The van der Waals surface area contributed by atoms with Gasteiger partial charge in [0.2, 0.25) is 0 Å². The summed E-state index contributed by atoms with van der Waals surface area (Å²) < 4.78 is 34.1. The quantitative estimate of drug-likeness (QED) is 0.574. The third kappa shape index (κ3) is 12.0. The van der Waals surface area contributed by atoms with Crippen molar-refractivity contribution in [1.82, 2.24) is 5.32 Å². The molecule has 1 N–H and O–H groups in total. The van der Waals surface area contributed by atoms with Gasteiger partial charge in [0.05, 0.1) is 12.7 Å². The van der Waals surface area contributed by atoms with Gasteiger partial charge in [0, 0.05) is 12.6 Å². The largest absolute Gasteiger partial charge is 0.377 e. The summed E-state index contributed by atoms with van der Waals surface area (Å²) in [4.78, 5) is 0. The van der Waals surface area contributed by atoms with E-state index in [4.69, 9.17) is 9.47 Å². The van der Waals surface area contributed by atoms with Crippen molar-refractivity contribution in [1.29, 1.82) is 0 Å². The van der Waals surface area contributed by atoms with Crippen LogP contribution < -0.4 is 5.32 Å². The zero-order valence-electron chi connectivity index (χ0n) is 11.0. The van der Waals surface area contributed by atoms with Gasteiger partial charge in [-0.15, -0.1) is 0 Å². The molecule has 104 valence electrons. The Morgan fingerprint density at radius 1 is 1.18 bits per heavy atom. The van der Waals surface area contributed by atoms with Gasteiger partial charge in [-0.2, -0.15) is 0 Å². The Morgan fingerprint density at radius 2 is 1.88 bits per heavy atom. The van der Waals surface area contributed by atoms with E-state index >= 15 is 0 Å². The van der Waals surface area contributed by atoms with Crippen LogP contribution in [0.2, 0.25) is 0 Å². The van der Waals surface area contributed by atoms with Gasteiger partial charge in [0.15, 0.2) is 0 Å². The fraction of sp³-hybridized carbons (Fsp3) is 1.00. The molecule has 0 bridgehead atoms. The topological polar surface area (TPSA) is 30.5 Å². The van der Waals surface area contributed by atoms with Gasteiger partial charge in [0.25, 0.3) is 6.43 Å². The van der Waals surface area contributed by atoms with Crippen LogP contribution in [0.15, 0.2) is 0 Å². The van der Waals surface area contributed by atoms with E-state index in [1.807, 2.05) is 13.8 Å². The van der Waals surface area contributed by atoms with Crippen LogP contribution in [0, 0.1) is 0 Å². The number of halogens is 2. The Bertz CT molecular complexity index is 169. The molecule has 5 heteroatoms. The molecule has 0 rings (SSSR count). The number of hydrogen-bond donors (Lipinski definition) is 1. The van der Waals surface area contributed by atoms with Gasteiger partial charge < -0.3 is 14.8 Å². The predicted molar refractivity (Wildman–Crippen MR) is 64.6 cm³/mol. The average molecular weight is 253 g/mol. The minimum atomic E-state index is -2.39. The highest BCUT2D eigenvalue weighted by atomic mass is 19.3. The Morgan fingerprint density at radius 3 is 2.41 bits per heavy atom. The van der Waals surface area contributed by atoms with Crippen molar-refractivity contribution in [3.05, 3.63) is 0 Å². The van der Waals surface area contributed by atoms with E-state index in [1.54, 1.807) is 0 Å². The third-order valence-corrected chi connectivity index (χ3v) is 2.17. The minimum Gasteiger partial charge on any atom is -0.377 e. The van der Waals surface area contributed by atoms with Crippen molar-refractivity contribution >= 4 is 0 Å². The standard InChI is InChI=1S/C12H25F2NO2/c1-4-6-15-11(8-17-10(2)3)5-7-16-9-12(13)14/h10-12,15H,4-9H2,1-3H3.